The molecule has 0 aromatic heterocycles. The van der Waals surface area contributed by atoms with Crippen LogP contribution in [-0.2, 0) is 14.3 Å². The lowest BCUT2D eigenvalue weighted by Gasteiger charge is -2.11. The summed E-state index contributed by atoms with van der Waals surface area (Å²) in [6.45, 7) is 1.98. The first-order valence-electron chi connectivity index (χ1n) is 6.51. The second-order valence-electron chi connectivity index (χ2n) is 4.31. The maximum atomic E-state index is 11.4. The van der Waals surface area contributed by atoms with Crippen molar-refractivity contribution >= 4 is 23.4 Å². The monoisotopic (exact) mass is 277 g/mol. The Morgan fingerprint density at radius 1 is 1.22 bits per heavy atom. The van der Waals surface area contributed by atoms with Crippen molar-refractivity contribution in [3.8, 4) is 0 Å². The molecular weight excluding hydrogens is 254 g/mol. The van der Waals surface area contributed by atoms with Crippen LogP contribution < -0.4 is 5.32 Å². The van der Waals surface area contributed by atoms with E-state index < -0.39 is 0 Å². The lowest BCUT2D eigenvalue weighted by Crippen LogP contribution is -2.32. The van der Waals surface area contributed by atoms with Gasteiger partial charge in [-0.25, -0.2) is 0 Å². The van der Waals surface area contributed by atoms with E-state index in [2.05, 4.69) is 5.32 Å². The van der Waals surface area contributed by atoms with E-state index in [0.717, 1.165) is 25.7 Å². The van der Waals surface area contributed by atoms with Crippen molar-refractivity contribution in [1.82, 2.24) is 5.32 Å². The fourth-order valence-electron chi connectivity index (χ4n) is 1.62. The molecule has 0 heterocycles. The van der Waals surface area contributed by atoms with E-state index in [1.54, 1.807) is 7.05 Å². The fraction of sp³-hybridized carbons (Fsp3) is 0.846. The van der Waals surface area contributed by atoms with Crippen molar-refractivity contribution in [3.63, 3.8) is 0 Å². The molecule has 0 saturated heterocycles. The maximum absolute atomic E-state index is 11.4. The summed E-state index contributed by atoms with van der Waals surface area (Å²) >= 11 is 5.56. The molecule has 0 fully saturated rings. The fourth-order valence-corrected chi connectivity index (χ4v) is 1.81. The van der Waals surface area contributed by atoms with E-state index in [9.17, 15) is 9.59 Å². The van der Waals surface area contributed by atoms with E-state index in [4.69, 9.17) is 16.3 Å². The number of carbonyl (C=O) groups is 2. The molecule has 0 rings (SSSR count). The minimum absolute atomic E-state index is 0.0476. The SMILES string of the molecule is CN[C@@H](CCC(=O)OCCCCCCCl)C(C)=O. The van der Waals surface area contributed by atoms with Crippen molar-refractivity contribution in [2.45, 2.75) is 51.5 Å². The highest BCUT2D eigenvalue weighted by atomic mass is 35.5. The van der Waals surface area contributed by atoms with Crippen LogP contribution in [0.1, 0.15) is 45.4 Å². The number of Topliss-reactive ketones (excluding diaryl/α,β-unsaturated/α-hetero) is 1. The molecule has 0 aliphatic heterocycles. The molecule has 0 aromatic carbocycles. The minimum atomic E-state index is -0.249. The number of ketones is 1. The summed E-state index contributed by atoms with van der Waals surface area (Å²) in [5, 5.41) is 2.88. The molecule has 0 saturated carbocycles. The van der Waals surface area contributed by atoms with Crippen LogP contribution in [0.5, 0.6) is 0 Å². The number of nitrogens with one attached hydrogen (secondary N) is 1. The summed E-state index contributed by atoms with van der Waals surface area (Å²) in [5.41, 5.74) is 0. The number of alkyl halides is 1. The Morgan fingerprint density at radius 2 is 1.89 bits per heavy atom. The van der Waals surface area contributed by atoms with Gasteiger partial charge in [-0.1, -0.05) is 12.8 Å². The Kier molecular flexibility index (Phi) is 11.1. The van der Waals surface area contributed by atoms with E-state index in [-0.39, 0.29) is 24.2 Å². The van der Waals surface area contributed by atoms with Gasteiger partial charge in [-0.2, -0.15) is 0 Å². The second kappa shape index (κ2) is 11.5. The highest BCUT2D eigenvalue weighted by Gasteiger charge is 2.13. The molecule has 0 bridgehead atoms. The van der Waals surface area contributed by atoms with Gasteiger partial charge in [0.2, 0.25) is 0 Å². The van der Waals surface area contributed by atoms with Gasteiger partial charge in [0.05, 0.1) is 12.6 Å². The van der Waals surface area contributed by atoms with Crippen LogP contribution in [0.4, 0.5) is 0 Å². The van der Waals surface area contributed by atoms with Crippen molar-refractivity contribution in [3.05, 3.63) is 0 Å². The van der Waals surface area contributed by atoms with Crippen LogP contribution in [0, 0.1) is 0 Å². The number of halogens is 1. The molecular formula is C13H24ClNO3. The Balaban J connectivity index is 3.50. The zero-order valence-corrected chi connectivity index (χ0v) is 12.1. The van der Waals surface area contributed by atoms with Crippen molar-refractivity contribution in [2.75, 3.05) is 19.5 Å². The smallest absolute Gasteiger partial charge is 0.305 e. The molecule has 1 atom stereocenters. The Hall–Kier alpha value is -0.610. The van der Waals surface area contributed by atoms with E-state index in [0.29, 0.717) is 18.9 Å². The predicted molar refractivity (Wildman–Crippen MR) is 72.9 cm³/mol. The van der Waals surface area contributed by atoms with Gasteiger partial charge in [0.15, 0.2) is 0 Å². The van der Waals surface area contributed by atoms with E-state index in [1.165, 1.54) is 6.92 Å². The zero-order valence-electron chi connectivity index (χ0n) is 11.3. The largest absolute Gasteiger partial charge is 0.466 e. The summed E-state index contributed by atoms with van der Waals surface area (Å²) in [6, 6.07) is -0.249. The van der Waals surface area contributed by atoms with Crippen molar-refractivity contribution < 1.29 is 14.3 Å². The van der Waals surface area contributed by atoms with Gasteiger partial charge >= 0.3 is 5.97 Å². The summed E-state index contributed by atoms with van der Waals surface area (Å²) in [7, 11) is 1.72. The average molecular weight is 278 g/mol. The van der Waals surface area contributed by atoms with Gasteiger partial charge in [0.25, 0.3) is 0 Å². The number of unbranched alkanes of at least 4 members (excludes halogenated alkanes) is 3. The molecule has 0 spiro atoms. The quantitative estimate of drug-likeness (QED) is 0.358. The number of rotatable bonds is 11. The molecule has 0 radical (unpaired) electrons. The van der Waals surface area contributed by atoms with Crippen LogP contribution in [0.25, 0.3) is 0 Å². The van der Waals surface area contributed by atoms with Crippen LogP contribution in [-0.4, -0.2) is 37.3 Å². The minimum Gasteiger partial charge on any atom is -0.466 e. The average Bonchev–Trinajstić information content (AvgIpc) is 2.34. The van der Waals surface area contributed by atoms with Gasteiger partial charge in [0, 0.05) is 12.3 Å². The first-order chi connectivity index (χ1) is 8.61. The van der Waals surface area contributed by atoms with Gasteiger partial charge < -0.3 is 10.1 Å². The standard InChI is InChI=1S/C13H24ClNO3/c1-11(16)12(15-2)7-8-13(17)18-10-6-4-3-5-9-14/h12,15H,3-10H2,1-2H3/t12-/m0/s1. The van der Waals surface area contributed by atoms with Gasteiger partial charge in [0.1, 0.15) is 5.78 Å². The van der Waals surface area contributed by atoms with Gasteiger partial charge in [-0.15, -0.1) is 11.6 Å². The predicted octanol–water partition coefficient (Wildman–Crippen LogP) is 2.29. The molecule has 4 nitrogen and oxygen atoms in total. The normalized spacial score (nSPS) is 12.2. The lowest BCUT2D eigenvalue weighted by molar-refractivity contribution is -0.144. The molecule has 0 amide bonds. The van der Waals surface area contributed by atoms with Gasteiger partial charge in [-0.05, 0) is 33.2 Å². The van der Waals surface area contributed by atoms with Crippen LogP contribution >= 0.6 is 11.6 Å². The lowest BCUT2D eigenvalue weighted by atomic mass is 10.1. The molecule has 106 valence electrons. The van der Waals surface area contributed by atoms with Crippen molar-refractivity contribution in [2.24, 2.45) is 0 Å². The highest BCUT2D eigenvalue weighted by molar-refractivity contribution is 6.17. The third-order valence-corrected chi connectivity index (χ3v) is 3.03. The summed E-state index contributed by atoms with van der Waals surface area (Å²) in [6.07, 6.45) is 4.78. The molecule has 1 N–H and O–H groups in total. The molecule has 18 heavy (non-hydrogen) atoms. The summed E-state index contributed by atoms with van der Waals surface area (Å²) in [5.74, 6) is 0.510. The van der Waals surface area contributed by atoms with Crippen LogP contribution in [0.15, 0.2) is 0 Å². The summed E-state index contributed by atoms with van der Waals surface area (Å²) < 4.78 is 5.09. The zero-order chi connectivity index (χ0) is 13.8. The molecule has 0 aliphatic rings. The Bertz CT molecular complexity index is 246. The number of likely N-dealkylation sites (N-methyl/N-ethyl adjacent to an activating group) is 1. The third-order valence-electron chi connectivity index (χ3n) is 2.77. The first kappa shape index (κ1) is 17.4. The Labute approximate surface area is 114 Å². The molecule has 0 unspecified atom stereocenters. The van der Waals surface area contributed by atoms with E-state index in [1.807, 2.05) is 0 Å². The topological polar surface area (TPSA) is 55.4 Å². The molecule has 5 heteroatoms. The van der Waals surface area contributed by atoms with Crippen LogP contribution in [0.3, 0.4) is 0 Å². The maximum Gasteiger partial charge on any atom is 0.305 e. The molecule has 0 aliphatic carbocycles. The van der Waals surface area contributed by atoms with Crippen LogP contribution in [0.2, 0.25) is 0 Å². The number of esters is 1. The van der Waals surface area contributed by atoms with Crippen molar-refractivity contribution in [1.29, 1.82) is 0 Å². The number of carbonyl (C=O) groups excluding carboxylic acids is 2. The first-order valence-corrected chi connectivity index (χ1v) is 7.04. The van der Waals surface area contributed by atoms with E-state index >= 15 is 0 Å². The Morgan fingerprint density at radius 3 is 2.44 bits per heavy atom. The third kappa shape index (κ3) is 9.42. The molecule has 0 aromatic rings. The number of hydrogen-bond donors (Lipinski definition) is 1. The summed E-state index contributed by atoms with van der Waals surface area (Å²) in [4.78, 5) is 22.5. The highest BCUT2D eigenvalue weighted by Crippen LogP contribution is 2.04. The number of ether oxygens (including phenoxy) is 1. The van der Waals surface area contributed by atoms with Gasteiger partial charge in [-0.3, -0.25) is 9.59 Å². The second-order valence-corrected chi connectivity index (χ2v) is 4.69. The number of hydrogen-bond acceptors (Lipinski definition) is 4.